The van der Waals surface area contributed by atoms with Crippen LogP contribution in [-0.2, 0) is 0 Å². The van der Waals surface area contributed by atoms with E-state index in [2.05, 4.69) is 31.4 Å². The maximum Gasteiger partial charge on any atom is 0.0254 e. The molecule has 0 bridgehead atoms. The molecular weight excluding hydrogens is 172 g/mol. The summed E-state index contributed by atoms with van der Waals surface area (Å²) < 4.78 is 0. The zero-order chi connectivity index (χ0) is 10.2. The number of nitrogens with one attached hydrogen (secondary N) is 2. The quantitative estimate of drug-likeness (QED) is 0.617. The molecule has 2 aliphatic heterocycles. The molecule has 2 aliphatic rings. The highest BCUT2D eigenvalue weighted by atomic mass is 15.1. The van der Waals surface area contributed by atoms with Crippen molar-refractivity contribution in [3.05, 3.63) is 0 Å². The molecule has 2 fully saturated rings. The van der Waals surface area contributed by atoms with E-state index in [1.54, 1.807) is 0 Å². The third-order valence-corrected chi connectivity index (χ3v) is 3.91. The van der Waals surface area contributed by atoms with Gasteiger partial charge in [-0.05, 0) is 43.7 Å². The largest absolute Gasteiger partial charge is 0.312 e. The van der Waals surface area contributed by atoms with E-state index in [9.17, 15) is 0 Å². The predicted octanol–water partition coefficient (Wildman–Crippen LogP) is 1.76. The fraction of sp³-hybridized carbons (Fsp3) is 1.00. The van der Waals surface area contributed by atoms with E-state index in [1.165, 1.54) is 32.4 Å². The Labute approximate surface area is 87.8 Å². The van der Waals surface area contributed by atoms with Gasteiger partial charge in [-0.1, -0.05) is 20.8 Å². The molecule has 82 valence electrons. The second-order valence-corrected chi connectivity index (χ2v) is 5.94. The Morgan fingerprint density at radius 3 is 2.50 bits per heavy atom. The van der Waals surface area contributed by atoms with Crippen molar-refractivity contribution < 1.29 is 0 Å². The Bertz CT molecular complexity index is 193. The van der Waals surface area contributed by atoms with Gasteiger partial charge in [-0.3, -0.25) is 0 Å². The van der Waals surface area contributed by atoms with Crippen molar-refractivity contribution in [3.63, 3.8) is 0 Å². The van der Waals surface area contributed by atoms with Crippen molar-refractivity contribution in [2.45, 2.75) is 52.1 Å². The lowest BCUT2D eigenvalue weighted by Crippen LogP contribution is -2.61. The molecule has 0 aromatic carbocycles. The van der Waals surface area contributed by atoms with Crippen molar-refractivity contribution in [1.29, 1.82) is 0 Å². The summed E-state index contributed by atoms with van der Waals surface area (Å²) in [7, 11) is 0. The minimum Gasteiger partial charge on any atom is -0.312 e. The summed E-state index contributed by atoms with van der Waals surface area (Å²) in [6, 6.07) is 1.46. The van der Waals surface area contributed by atoms with Crippen LogP contribution in [0.15, 0.2) is 0 Å². The molecule has 2 rings (SSSR count). The van der Waals surface area contributed by atoms with E-state index in [0.29, 0.717) is 5.41 Å². The monoisotopic (exact) mass is 196 g/mol. The van der Waals surface area contributed by atoms with Crippen LogP contribution in [0.2, 0.25) is 0 Å². The zero-order valence-corrected chi connectivity index (χ0v) is 9.77. The third kappa shape index (κ3) is 1.96. The smallest absolute Gasteiger partial charge is 0.0254 e. The first-order valence-electron chi connectivity index (χ1n) is 6.06. The fourth-order valence-electron chi connectivity index (χ4n) is 3.14. The maximum atomic E-state index is 3.72. The Balaban J connectivity index is 2.09. The lowest BCUT2D eigenvalue weighted by molar-refractivity contribution is 0.0920. The van der Waals surface area contributed by atoms with Crippen LogP contribution >= 0.6 is 0 Å². The number of rotatable bonds is 0. The van der Waals surface area contributed by atoms with Gasteiger partial charge in [0.2, 0.25) is 0 Å². The van der Waals surface area contributed by atoms with Gasteiger partial charge in [0.05, 0.1) is 0 Å². The number of hydrogen-bond donors (Lipinski definition) is 2. The van der Waals surface area contributed by atoms with E-state index in [1.807, 2.05) is 0 Å². The second-order valence-electron chi connectivity index (χ2n) is 5.94. The summed E-state index contributed by atoms with van der Waals surface area (Å²) in [6.07, 6.45) is 4.03. The first-order chi connectivity index (χ1) is 6.59. The van der Waals surface area contributed by atoms with Gasteiger partial charge in [0, 0.05) is 12.1 Å². The van der Waals surface area contributed by atoms with Crippen LogP contribution in [0.25, 0.3) is 0 Å². The Kier molecular flexibility index (Phi) is 2.85. The van der Waals surface area contributed by atoms with Gasteiger partial charge >= 0.3 is 0 Å². The summed E-state index contributed by atoms with van der Waals surface area (Å²) in [5.41, 5.74) is 0.454. The van der Waals surface area contributed by atoms with Crippen LogP contribution in [0.1, 0.15) is 40.0 Å². The van der Waals surface area contributed by atoms with Gasteiger partial charge in [0.25, 0.3) is 0 Å². The molecule has 14 heavy (non-hydrogen) atoms. The highest BCUT2D eigenvalue weighted by Gasteiger charge is 2.39. The molecule has 2 heteroatoms. The summed E-state index contributed by atoms with van der Waals surface area (Å²) in [6.45, 7) is 9.59. The molecule has 0 spiro atoms. The van der Waals surface area contributed by atoms with Crippen LogP contribution in [0, 0.1) is 11.3 Å². The van der Waals surface area contributed by atoms with Crippen LogP contribution in [0.4, 0.5) is 0 Å². The molecule has 3 unspecified atom stereocenters. The molecule has 0 saturated carbocycles. The second kappa shape index (κ2) is 3.82. The van der Waals surface area contributed by atoms with Crippen LogP contribution < -0.4 is 10.6 Å². The molecule has 0 aromatic heterocycles. The van der Waals surface area contributed by atoms with E-state index < -0.39 is 0 Å². The van der Waals surface area contributed by atoms with Crippen LogP contribution in [-0.4, -0.2) is 25.2 Å². The van der Waals surface area contributed by atoms with Gasteiger partial charge in [-0.15, -0.1) is 0 Å². The van der Waals surface area contributed by atoms with Crippen molar-refractivity contribution in [2.75, 3.05) is 13.1 Å². The Morgan fingerprint density at radius 2 is 1.79 bits per heavy atom. The molecule has 0 amide bonds. The lowest BCUT2D eigenvalue weighted by atomic mass is 9.69. The first kappa shape index (κ1) is 10.4. The highest BCUT2D eigenvalue weighted by molar-refractivity contribution is 4.98. The van der Waals surface area contributed by atoms with E-state index >= 15 is 0 Å². The molecule has 2 heterocycles. The van der Waals surface area contributed by atoms with Gasteiger partial charge in [-0.2, -0.15) is 0 Å². The van der Waals surface area contributed by atoms with Gasteiger partial charge in [0.15, 0.2) is 0 Å². The van der Waals surface area contributed by atoms with Crippen molar-refractivity contribution in [1.82, 2.24) is 10.6 Å². The van der Waals surface area contributed by atoms with Crippen molar-refractivity contribution in [2.24, 2.45) is 11.3 Å². The number of fused-ring (bicyclic) bond motifs is 1. The molecule has 0 radical (unpaired) electrons. The molecular formula is C12H24N2. The maximum absolute atomic E-state index is 3.72. The minimum atomic E-state index is 0.454. The molecule has 0 aliphatic carbocycles. The molecule has 3 atom stereocenters. The van der Waals surface area contributed by atoms with Gasteiger partial charge in [0.1, 0.15) is 0 Å². The summed E-state index contributed by atoms with van der Waals surface area (Å²) >= 11 is 0. The average Bonchev–Trinajstić information content (AvgIpc) is 2.15. The first-order valence-corrected chi connectivity index (χ1v) is 6.06. The van der Waals surface area contributed by atoms with E-state index in [-0.39, 0.29) is 0 Å². The summed E-state index contributed by atoms with van der Waals surface area (Å²) in [4.78, 5) is 0. The topological polar surface area (TPSA) is 24.1 Å². The van der Waals surface area contributed by atoms with E-state index in [0.717, 1.165) is 18.0 Å². The number of hydrogen-bond acceptors (Lipinski definition) is 2. The Morgan fingerprint density at radius 1 is 1.00 bits per heavy atom. The standard InChI is InChI=1S/C12H24N2/c1-12(2,3)9-6-8-13-10-5-4-7-14-11(9)10/h9-11,13-14H,4-8H2,1-3H3. The molecule has 2 N–H and O–H groups in total. The summed E-state index contributed by atoms with van der Waals surface area (Å²) in [5, 5.41) is 7.38. The third-order valence-electron chi connectivity index (χ3n) is 3.91. The van der Waals surface area contributed by atoms with E-state index in [4.69, 9.17) is 0 Å². The van der Waals surface area contributed by atoms with Crippen molar-refractivity contribution >= 4 is 0 Å². The predicted molar refractivity (Wildman–Crippen MR) is 60.4 cm³/mol. The fourth-order valence-corrected chi connectivity index (χ4v) is 3.14. The Hall–Kier alpha value is -0.0800. The molecule has 0 aromatic rings. The average molecular weight is 196 g/mol. The summed E-state index contributed by atoms with van der Waals surface area (Å²) in [5.74, 6) is 0.842. The lowest BCUT2D eigenvalue weighted by Gasteiger charge is -2.47. The highest BCUT2D eigenvalue weighted by Crippen LogP contribution is 2.36. The molecule has 2 saturated heterocycles. The van der Waals surface area contributed by atoms with Crippen molar-refractivity contribution in [3.8, 4) is 0 Å². The van der Waals surface area contributed by atoms with Crippen LogP contribution in [0.3, 0.4) is 0 Å². The normalized spacial score (nSPS) is 39.2. The SMILES string of the molecule is CC(C)(C)C1CCNC2CCCNC21. The van der Waals surface area contributed by atoms with Gasteiger partial charge < -0.3 is 10.6 Å². The van der Waals surface area contributed by atoms with Gasteiger partial charge in [-0.25, -0.2) is 0 Å². The minimum absolute atomic E-state index is 0.454. The van der Waals surface area contributed by atoms with Crippen LogP contribution in [0.5, 0.6) is 0 Å². The molecule has 2 nitrogen and oxygen atoms in total. The number of piperidine rings is 2. The zero-order valence-electron chi connectivity index (χ0n) is 9.77.